The molecule has 26 heavy (non-hydrogen) atoms. The van der Waals surface area contributed by atoms with Crippen LogP contribution < -0.4 is 4.74 Å². The molecule has 0 amide bonds. The molecule has 0 atom stereocenters. The van der Waals surface area contributed by atoms with Gasteiger partial charge in [0, 0.05) is 0 Å². The summed E-state index contributed by atoms with van der Waals surface area (Å²) in [6, 6.07) is 1.40. The lowest BCUT2D eigenvalue weighted by atomic mass is 9.77. The number of benzene rings is 1. The molecule has 5 heteroatoms. The van der Waals surface area contributed by atoms with E-state index in [-0.39, 0.29) is 24.3 Å². The Morgan fingerprint density at radius 2 is 1.62 bits per heavy atom. The van der Waals surface area contributed by atoms with Gasteiger partial charge in [-0.05, 0) is 55.7 Å². The van der Waals surface area contributed by atoms with E-state index in [1.165, 1.54) is 31.7 Å². The van der Waals surface area contributed by atoms with E-state index in [4.69, 9.17) is 4.74 Å². The first-order valence-electron chi connectivity index (χ1n) is 9.79. The Morgan fingerprint density at radius 1 is 1.04 bits per heavy atom. The highest BCUT2D eigenvalue weighted by molar-refractivity contribution is 5.45. The van der Waals surface area contributed by atoms with E-state index >= 15 is 0 Å². The lowest BCUT2D eigenvalue weighted by Crippen LogP contribution is -2.18. The molecule has 0 saturated heterocycles. The molecular weight excluding hydrogens is 344 g/mol. The van der Waals surface area contributed by atoms with Gasteiger partial charge in [0.1, 0.15) is 0 Å². The Bertz CT molecular complexity index is 587. The predicted octanol–water partition coefficient (Wildman–Crippen LogP) is 7.09. The van der Waals surface area contributed by atoms with Crippen molar-refractivity contribution in [3.8, 4) is 5.75 Å². The third-order valence-corrected chi connectivity index (χ3v) is 5.61. The number of rotatable bonds is 7. The molecule has 1 nitrogen and oxygen atoms in total. The van der Waals surface area contributed by atoms with Gasteiger partial charge in [-0.25, -0.2) is 4.39 Å². The van der Waals surface area contributed by atoms with Gasteiger partial charge in [0.15, 0.2) is 11.6 Å². The molecule has 0 aromatic heterocycles. The molecule has 1 aromatic rings. The average Bonchev–Trinajstić information content (AvgIpc) is 2.57. The van der Waals surface area contributed by atoms with Crippen molar-refractivity contribution in [3.05, 3.63) is 28.6 Å². The zero-order valence-electron chi connectivity index (χ0n) is 16.0. The summed E-state index contributed by atoms with van der Waals surface area (Å²) in [5, 5.41) is 0. The number of alkyl halides is 3. The number of hydrogen-bond donors (Lipinski definition) is 0. The Morgan fingerprint density at radius 3 is 2.12 bits per heavy atom. The van der Waals surface area contributed by atoms with Gasteiger partial charge in [-0.3, -0.25) is 0 Å². The zero-order chi connectivity index (χ0) is 19.3. The molecule has 1 aromatic carbocycles. The van der Waals surface area contributed by atoms with Crippen molar-refractivity contribution in [1.29, 1.82) is 0 Å². The number of ether oxygens (including phenoxy) is 1. The lowest BCUT2D eigenvalue weighted by Gasteiger charge is -2.29. The van der Waals surface area contributed by atoms with Crippen molar-refractivity contribution >= 4 is 0 Å². The van der Waals surface area contributed by atoms with E-state index in [1.807, 2.05) is 0 Å². The van der Waals surface area contributed by atoms with Crippen molar-refractivity contribution in [2.45, 2.75) is 78.3 Å². The van der Waals surface area contributed by atoms with Gasteiger partial charge < -0.3 is 4.74 Å². The van der Waals surface area contributed by atoms with Gasteiger partial charge in [0.05, 0.1) is 12.2 Å². The minimum absolute atomic E-state index is 0.0918. The summed E-state index contributed by atoms with van der Waals surface area (Å²) in [6.07, 6.45) is 3.17. The van der Waals surface area contributed by atoms with Gasteiger partial charge in [-0.15, -0.1) is 0 Å². The van der Waals surface area contributed by atoms with Crippen molar-refractivity contribution in [1.82, 2.24) is 0 Å². The summed E-state index contributed by atoms with van der Waals surface area (Å²) in [5.41, 5.74) is -0.586. The fourth-order valence-corrected chi connectivity index (χ4v) is 4.24. The van der Waals surface area contributed by atoms with E-state index in [1.54, 1.807) is 13.8 Å². The maximum Gasteiger partial charge on any atom is 0.419 e. The van der Waals surface area contributed by atoms with Crippen LogP contribution in [0.3, 0.4) is 0 Å². The second kappa shape index (κ2) is 9.09. The van der Waals surface area contributed by atoms with Crippen LogP contribution in [0.1, 0.15) is 75.5 Å². The third kappa shape index (κ3) is 5.14. The van der Waals surface area contributed by atoms with E-state index in [0.717, 1.165) is 18.8 Å². The summed E-state index contributed by atoms with van der Waals surface area (Å²) >= 11 is 0. The fourth-order valence-electron chi connectivity index (χ4n) is 4.24. The predicted molar refractivity (Wildman–Crippen MR) is 96.0 cm³/mol. The molecular formula is C21H30F4O. The standard InChI is InChI=1S/C21H30F4O/c1-4-6-15-7-9-16(10-8-15)11-12-17-14(3)13-18(26-5-2)20(22)19(17)21(23,24)25/h13,15-16H,4-12H2,1-3H3. The summed E-state index contributed by atoms with van der Waals surface area (Å²) in [4.78, 5) is 0. The molecule has 1 fully saturated rings. The zero-order valence-corrected chi connectivity index (χ0v) is 16.0. The molecule has 0 bridgehead atoms. The van der Waals surface area contributed by atoms with Crippen LogP contribution in [0.15, 0.2) is 6.07 Å². The van der Waals surface area contributed by atoms with E-state index in [2.05, 4.69) is 6.92 Å². The number of halogens is 4. The van der Waals surface area contributed by atoms with Crippen LogP contribution in [0.5, 0.6) is 5.75 Å². The normalized spacial score (nSPS) is 21.0. The van der Waals surface area contributed by atoms with Crippen LogP contribution in [0.4, 0.5) is 17.6 Å². The first kappa shape index (κ1) is 21.0. The van der Waals surface area contributed by atoms with Gasteiger partial charge in [-0.1, -0.05) is 45.4 Å². The van der Waals surface area contributed by atoms with Crippen LogP contribution in [-0.4, -0.2) is 6.61 Å². The van der Waals surface area contributed by atoms with Crippen LogP contribution >= 0.6 is 0 Å². The minimum Gasteiger partial charge on any atom is -0.491 e. The smallest absolute Gasteiger partial charge is 0.419 e. The largest absolute Gasteiger partial charge is 0.491 e. The highest BCUT2D eigenvalue weighted by Crippen LogP contribution is 2.41. The van der Waals surface area contributed by atoms with Gasteiger partial charge >= 0.3 is 6.18 Å². The van der Waals surface area contributed by atoms with Gasteiger partial charge in [0.25, 0.3) is 0 Å². The molecule has 0 unspecified atom stereocenters. The molecule has 0 aliphatic heterocycles. The SMILES string of the molecule is CCCC1CCC(CCc2c(C)cc(OCC)c(F)c2C(F)(F)F)CC1. The van der Waals surface area contributed by atoms with Crippen LogP contribution in [0, 0.1) is 24.6 Å². The third-order valence-electron chi connectivity index (χ3n) is 5.61. The average molecular weight is 374 g/mol. The summed E-state index contributed by atoms with van der Waals surface area (Å²) in [5.74, 6) is -0.363. The van der Waals surface area contributed by atoms with Crippen molar-refractivity contribution in [2.75, 3.05) is 6.61 Å². The Balaban J connectivity index is 2.15. The molecule has 1 aliphatic rings. The highest BCUT2D eigenvalue weighted by atomic mass is 19.4. The van der Waals surface area contributed by atoms with Gasteiger partial charge in [0.2, 0.25) is 0 Å². The summed E-state index contributed by atoms with van der Waals surface area (Å²) in [6.45, 7) is 5.57. The monoisotopic (exact) mass is 374 g/mol. The maximum absolute atomic E-state index is 14.5. The number of hydrogen-bond acceptors (Lipinski definition) is 1. The van der Waals surface area contributed by atoms with Crippen molar-refractivity contribution in [2.24, 2.45) is 11.8 Å². The Labute approximate surface area is 154 Å². The van der Waals surface area contributed by atoms with Crippen molar-refractivity contribution in [3.63, 3.8) is 0 Å². The molecule has 0 spiro atoms. The first-order chi connectivity index (χ1) is 12.3. The summed E-state index contributed by atoms with van der Waals surface area (Å²) < 4.78 is 60.1. The second-order valence-corrected chi connectivity index (χ2v) is 7.50. The Kier molecular flexibility index (Phi) is 7.36. The number of aryl methyl sites for hydroxylation is 1. The van der Waals surface area contributed by atoms with Gasteiger partial charge in [-0.2, -0.15) is 13.2 Å². The topological polar surface area (TPSA) is 9.23 Å². The molecule has 0 heterocycles. The fraction of sp³-hybridized carbons (Fsp3) is 0.714. The Hall–Kier alpha value is -1.26. The highest BCUT2D eigenvalue weighted by Gasteiger charge is 2.39. The molecule has 0 radical (unpaired) electrons. The molecule has 2 rings (SSSR count). The first-order valence-corrected chi connectivity index (χ1v) is 9.79. The van der Waals surface area contributed by atoms with Crippen molar-refractivity contribution < 1.29 is 22.3 Å². The molecule has 148 valence electrons. The van der Waals surface area contributed by atoms with Crippen LogP contribution in [0.25, 0.3) is 0 Å². The molecule has 0 N–H and O–H groups in total. The van der Waals surface area contributed by atoms with E-state index in [9.17, 15) is 17.6 Å². The van der Waals surface area contributed by atoms with Crippen LogP contribution in [0.2, 0.25) is 0 Å². The maximum atomic E-state index is 14.5. The minimum atomic E-state index is -4.71. The molecule has 1 saturated carbocycles. The second-order valence-electron chi connectivity index (χ2n) is 7.50. The van der Waals surface area contributed by atoms with Crippen LogP contribution in [-0.2, 0) is 12.6 Å². The summed E-state index contributed by atoms with van der Waals surface area (Å²) in [7, 11) is 0. The quantitative estimate of drug-likeness (QED) is 0.463. The lowest BCUT2D eigenvalue weighted by molar-refractivity contribution is -0.140. The van der Waals surface area contributed by atoms with E-state index < -0.39 is 17.6 Å². The molecule has 1 aliphatic carbocycles. The van der Waals surface area contributed by atoms with E-state index in [0.29, 0.717) is 17.9 Å².